The lowest BCUT2D eigenvalue weighted by Crippen LogP contribution is -2.09. The molecule has 0 radical (unpaired) electrons. The molecule has 0 saturated carbocycles. The van der Waals surface area contributed by atoms with Crippen LogP contribution < -0.4 is 9.47 Å². The molecule has 108 valence electrons. The number of aliphatic hydroxyl groups is 1. The Balaban J connectivity index is 2.33. The maximum atomic E-state index is 10.5. The van der Waals surface area contributed by atoms with Gasteiger partial charge in [0.25, 0.3) is 0 Å². The van der Waals surface area contributed by atoms with Gasteiger partial charge in [-0.15, -0.1) is 0 Å². The van der Waals surface area contributed by atoms with E-state index in [9.17, 15) is 5.11 Å². The Labute approximate surface area is 118 Å². The fourth-order valence-electron chi connectivity index (χ4n) is 2.08. The largest absolute Gasteiger partial charge is 0.493 e. The number of hydrogen-bond donors (Lipinski definition) is 1. The fraction of sp³-hybridized carbons (Fsp3) is 0.400. The van der Waals surface area contributed by atoms with E-state index in [0.29, 0.717) is 11.4 Å². The highest BCUT2D eigenvalue weighted by Crippen LogP contribution is 2.30. The molecule has 20 heavy (non-hydrogen) atoms. The summed E-state index contributed by atoms with van der Waals surface area (Å²) in [4.78, 5) is 0. The molecule has 1 aromatic carbocycles. The quantitative estimate of drug-likeness (QED) is 0.910. The summed E-state index contributed by atoms with van der Waals surface area (Å²) in [5, 5.41) is 14.6. The summed E-state index contributed by atoms with van der Waals surface area (Å²) in [6.45, 7) is 3.93. The van der Waals surface area contributed by atoms with Gasteiger partial charge in [0.1, 0.15) is 17.5 Å². The van der Waals surface area contributed by atoms with E-state index in [-0.39, 0.29) is 6.10 Å². The molecule has 1 aromatic heterocycles. The lowest BCUT2D eigenvalue weighted by molar-refractivity contribution is 0.202. The standard InChI is InChI=1S/C15H20N2O3/c1-10(2)20-12-7-5-6-11(8-12)15(18)14-13(19-4)9-16-17(14)3/h5-10,15,18H,1-4H3. The van der Waals surface area contributed by atoms with Crippen LogP contribution in [0.25, 0.3) is 0 Å². The summed E-state index contributed by atoms with van der Waals surface area (Å²) >= 11 is 0. The van der Waals surface area contributed by atoms with Crippen molar-refractivity contribution in [2.45, 2.75) is 26.1 Å². The minimum atomic E-state index is -0.812. The number of rotatable bonds is 5. The van der Waals surface area contributed by atoms with Gasteiger partial charge in [-0.1, -0.05) is 12.1 Å². The molecule has 1 heterocycles. The van der Waals surface area contributed by atoms with Crippen molar-refractivity contribution in [3.63, 3.8) is 0 Å². The van der Waals surface area contributed by atoms with Crippen molar-refractivity contribution in [1.82, 2.24) is 9.78 Å². The summed E-state index contributed by atoms with van der Waals surface area (Å²) in [5.74, 6) is 1.30. The fourth-order valence-corrected chi connectivity index (χ4v) is 2.08. The van der Waals surface area contributed by atoms with Crippen LogP contribution in [-0.4, -0.2) is 28.1 Å². The van der Waals surface area contributed by atoms with E-state index in [1.54, 1.807) is 25.0 Å². The minimum Gasteiger partial charge on any atom is -0.493 e. The molecule has 1 unspecified atom stereocenters. The van der Waals surface area contributed by atoms with Crippen molar-refractivity contribution < 1.29 is 14.6 Å². The molecule has 2 aromatic rings. The molecule has 0 saturated heterocycles. The van der Waals surface area contributed by atoms with Gasteiger partial charge >= 0.3 is 0 Å². The minimum absolute atomic E-state index is 0.0913. The third-order valence-electron chi connectivity index (χ3n) is 2.97. The predicted octanol–water partition coefficient (Wildman–Crippen LogP) is 2.30. The van der Waals surface area contributed by atoms with Crippen LogP contribution in [0.4, 0.5) is 0 Å². The second kappa shape index (κ2) is 5.96. The Kier molecular flexibility index (Phi) is 4.29. The van der Waals surface area contributed by atoms with Crippen LogP contribution >= 0.6 is 0 Å². The monoisotopic (exact) mass is 276 g/mol. The molecule has 0 spiro atoms. The Morgan fingerprint density at radius 3 is 2.70 bits per heavy atom. The Hall–Kier alpha value is -2.01. The van der Waals surface area contributed by atoms with Gasteiger partial charge in [0.15, 0.2) is 5.75 Å². The van der Waals surface area contributed by atoms with E-state index in [0.717, 1.165) is 11.3 Å². The highest BCUT2D eigenvalue weighted by molar-refractivity contribution is 5.38. The molecule has 1 atom stereocenters. The first-order chi connectivity index (χ1) is 9.52. The molecule has 0 aliphatic heterocycles. The number of methoxy groups -OCH3 is 1. The van der Waals surface area contributed by atoms with Gasteiger partial charge in [-0.3, -0.25) is 4.68 Å². The van der Waals surface area contributed by atoms with Crippen molar-refractivity contribution >= 4 is 0 Å². The first-order valence-corrected chi connectivity index (χ1v) is 6.53. The van der Waals surface area contributed by atoms with Crippen LogP contribution in [0.2, 0.25) is 0 Å². The number of ether oxygens (including phenoxy) is 2. The topological polar surface area (TPSA) is 56.5 Å². The highest BCUT2D eigenvalue weighted by atomic mass is 16.5. The summed E-state index contributed by atoms with van der Waals surface area (Å²) in [5.41, 5.74) is 1.36. The zero-order valence-corrected chi connectivity index (χ0v) is 12.2. The summed E-state index contributed by atoms with van der Waals surface area (Å²) in [7, 11) is 3.33. The molecular formula is C15H20N2O3. The van der Waals surface area contributed by atoms with Gasteiger partial charge in [-0.2, -0.15) is 5.10 Å². The van der Waals surface area contributed by atoms with Crippen LogP contribution in [0.5, 0.6) is 11.5 Å². The van der Waals surface area contributed by atoms with Gasteiger partial charge in [0.2, 0.25) is 0 Å². The van der Waals surface area contributed by atoms with Crippen molar-refractivity contribution in [2.24, 2.45) is 7.05 Å². The van der Waals surface area contributed by atoms with Crippen molar-refractivity contribution in [3.8, 4) is 11.5 Å². The van der Waals surface area contributed by atoms with Crippen LogP contribution in [0, 0.1) is 0 Å². The third-order valence-corrected chi connectivity index (χ3v) is 2.97. The van der Waals surface area contributed by atoms with Crippen LogP contribution in [0.15, 0.2) is 30.5 Å². The van der Waals surface area contributed by atoms with Gasteiger partial charge in [0, 0.05) is 7.05 Å². The average Bonchev–Trinajstić information content (AvgIpc) is 2.78. The van der Waals surface area contributed by atoms with Gasteiger partial charge in [-0.05, 0) is 31.5 Å². The van der Waals surface area contributed by atoms with E-state index >= 15 is 0 Å². The van der Waals surface area contributed by atoms with Crippen LogP contribution in [0.1, 0.15) is 31.2 Å². The normalized spacial score (nSPS) is 12.5. The maximum Gasteiger partial charge on any atom is 0.162 e. The van der Waals surface area contributed by atoms with Gasteiger partial charge in [0.05, 0.1) is 19.4 Å². The van der Waals surface area contributed by atoms with Crippen LogP contribution in [-0.2, 0) is 7.05 Å². The zero-order chi connectivity index (χ0) is 14.7. The molecular weight excluding hydrogens is 256 g/mol. The van der Waals surface area contributed by atoms with Gasteiger partial charge in [-0.25, -0.2) is 0 Å². The molecule has 0 aliphatic rings. The van der Waals surface area contributed by atoms with E-state index in [4.69, 9.17) is 9.47 Å². The number of aryl methyl sites for hydroxylation is 1. The summed E-state index contributed by atoms with van der Waals surface area (Å²) < 4.78 is 12.5. The number of aromatic nitrogens is 2. The number of nitrogens with zero attached hydrogens (tertiary/aromatic N) is 2. The van der Waals surface area contributed by atoms with Crippen molar-refractivity contribution in [2.75, 3.05) is 7.11 Å². The molecule has 2 rings (SSSR count). The van der Waals surface area contributed by atoms with E-state index in [2.05, 4.69) is 5.10 Å². The molecule has 5 nitrogen and oxygen atoms in total. The second-order valence-electron chi connectivity index (χ2n) is 4.86. The smallest absolute Gasteiger partial charge is 0.162 e. The number of aliphatic hydroxyl groups excluding tert-OH is 1. The van der Waals surface area contributed by atoms with Crippen LogP contribution in [0.3, 0.4) is 0 Å². The van der Waals surface area contributed by atoms with E-state index in [1.807, 2.05) is 38.1 Å². The number of benzene rings is 1. The second-order valence-corrected chi connectivity index (χ2v) is 4.86. The molecule has 0 amide bonds. The lowest BCUT2D eigenvalue weighted by atomic mass is 10.1. The summed E-state index contributed by atoms with van der Waals surface area (Å²) in [6.07, 6.45) is 0.870. The maximum absolute atomic E-state index is 10.5. The molecule has 0 aliphatic carbocycles. The zero-order valence-electron chi connectivity index (χ0n) is 12.2. The first-order valence-electron chi connectivity index (χ1n) is 6.53. The Bertz CT molecular complexity index is 578. The highest BCUT2D eigenvalue weighted by Gasteiger charge is 2.20. The molecule has 5 heteroatoms. The van der Waals surface area contributed by atoms with Crippen molar-refractivity contribution in [1.29, 1.82) is 0 Å². The Morgan fingerprint density at radius 2 is 2.05 bits per heavy atom. The lowest BCUT2D eigenvalue weighted by Gasteiger charge is -2.15. The van der Waals surface area contributed by atoms with Crippen molar-refractivity contribution in [3.05, 3.63) is 41.7 Å². The first kappa shape index (κ1) is 14.4. The number of hydrogen-bond acceptors (Lipinski definition) is 4. The third kappa shape index (κ3) is 2.93. The summed E-state index contributed by atoms with van der Waals surface area (Å²) in [6, 6.07) is 7.41. The SMILES string of the molecule is COc1cnn(C)c1C(O)c1cccc(OC(C)C)c1. The molecule has 0 fully saturated rings. The Morgan fingerprint density at radius 1 is 1.30 bits per heavy atom. The molecule has 1 N–H and O–H groups in total. The van der Waals surface area contributed by atoms with Gasteiger partial charge < -0.3 is 14.6 Å². The predicted molar refractivity (Wildman–Crippen MR) is 76.0 cm³/mol. The van der Waals surface area contributed by atoms with E-state index in [1.165, 1.54) is 0 Å². The van der Waals surface area contributed by atoms with E-state index < -0.39 is 6.10 Å². The average molecular weight is 276 g/mol. The molecule has 0 bridgehead atoms.